The van der Waals surface area contributed by atoms with E-state index >= 15 is 0 Å². The predicted molar refractivity (Wildman–Crippen MR) is 86.2 cm³/mol. The fraction of sp³-hybridized carbons (Fsp3) is 0.611. The first kappa shape index (κ1) is 17.5. The van der Waals surface area contributed by atoms with Crippen LogP contribution in [0.5, 0.6) is 5.75 Å². The Morgan fingerprint density at radius 2 is 1.67 bits per heavy atom. The lowest BCUT2D eigenvalue weighted by molar-refractivity contribution is 0.0692. The molecule has 0 bridgehead atoms. The van der Waals surface area contributed by atoms with Crippen LogP contribution in [0.15, 0.2) is 18.2 Å². The van der Waals surface area contributed by atoms with Crippen molar-refractivity contribution in [2.75, 3.05) is 6.61 Å². The van der Waals surface area contributed by atoms with Crippen molar-refractivity contribution in [3.8, 4) is 5.75 Å². The molecular formula is C18H28O3. The van der Waals surface area contributed by atoms with Gasteiger partial charge in [-0.3, -0.25) is 0 Å². The van der Waals surface area contributed by atoms with Gasteiger partial charge >= 0.3 is 5.97 Å². The number of carbonyl (C=O) groups is 1. The van der Waals surface area contributed by atoms with Gasteiger partial charge in [0.1, 0.15) is 11.3 Å². The van der Waals surface area contributed by atoms with E-state index < -0.39 is 5.97 Å². The minimum atomic E-state index is -0.926. The number of aryl methyl sites for hydroxylation is 1. The first-order valence-corrected chi connectivity index (χ1v) is 8.12. The number of ether oxygens (including phenoxy) is 1. The third-order valence-electron chi connectivity index (χ3n) is 3.69. The molecule has 0 heterocycles. The van der Waals surface area contributed by atoms with E-state index in [-0.39, 0.29) is 5.56 Å². The van der Waals surface area contributed by atoms with Crippen molar-refractivity contribution in [1.29, 1.82) is 0 Å². The number of para-hydroxylation sites is 1. The largest absolute Gasteiger partial charge is 0.492 e. The molecule has 0 aliphatic rings. The second-order valence-corrected chi connectivity index (χ2v) is 5.58. The van der Waals surface area contributed by atoms with Crippen molar-refractivity contribution in [3.05, 3.63) is 29.3 Å². The number of aromatic carboxylic acids is 1. The first-order chi connectivity index (χ1) is 10.2. The van der Waals surface area contributed by atoms with Crippen molar-refractivity contribution < 1.29 is 14.6 Å². The van der Waals surface area contributed by atoms with Gasteiger partial charge in [-0.05, 0) is 25.0 Å². The van der Waals surface area contributed by atoms with E-state index in [9.17, 15) is 4.79 Å². The van der Waals surface area contributed by atoms with Gasteiger partial charge in [0.25, 0.3) is 0 Å². The van der Waals surface area contributed by atoms with Crippen LogP contribution in [0.3, 0.4) is 0 Å². The van der Waals surface area contributed by atoms with Crippen LogP contribution in [0.1, 0.15) is 74.2 Å². The zero-order valence-electron chi connectivity index (χ0n) is 13.4. The van der Waals surface area contributed by atoms with Gasteiger partial charge in [0.05, 0.1) is 6.61 Å². The molecule has 1 N–H and O–H groups in total. The van der Waals surface area contributed by atoms with Crippen LogP contribution in [-0.4, -0.2) is 17.7 Å². The Bertz CT molecular complexity index is 426. The van der Waals surface area contributed by atoms with E-state index in [2.05, 4.69) is 6.92 Å². The molecule has 0 aliphatic carbocycles. The van der Waals surface area contributed by atoms with Crippen LogP contribution < -0.4 is 4.74 Å². The average Bonchev–Trinajstić information content (AvgIpc) is 2.46. The maximum atomic E-state index is 11.2. The summed E-state index contributed by atoms with van der Waals surface area (Å²) in [5, 5.41) is 9.15. The number of carboxylic acid groups (broad SMARTS) is 1. The highest BCUT2D eigenvalue weighted by molar-refractivity contribution is 5.91. The van der Waals surface area contributed by atoms with Crippen LogP contribution in [0.2, 0.25) is 0 Å². The fourth-order valence-electron chi connectivity index (χ4n) is 2.42. The molecule has 0 atom stereocenters. The summed E-state index contributed by atoms with van der Waals surface area (Å²) < 4.78 is 5.69. The highest BCUT2D eigenvalue weighted by Gasteiger charge is 2.12. The van der Waals surface area contributed by atoms with Gasteiger partial charge in [-0.1, -0.05) is 64.0 Å². The summed E-state index contributed by atoms with van der Waals surface area (Å²) in [5.41, 5.74) is 1.14. The van der Waals surface area contributed by atoms with Gasteiger partial charge in [-0.25, -0.2) is 4.79 Å². The van der Waals surface area contributed by atoms with Crippen molar-refractivity contribution in [2.45, 2.75) is 65.2 Å². The Morgan fingerprint density at radius 3 is 2.29 bits per heavy atom. The molecule has 3 heteroatoms. The third kappa shape index (κ3) is 6.65. The quantitative estimate of drug-likeness (QED) is 0.569. The summed E-state index contributed by atoms with van der Waals surface area (Å²) in [6, 6.07) is 5.23. The highest BCUT2D eigenvalue weighted by Crippen LogP contribution is 2.23. The zero-order chi connectivity index (χ0) is 15.5. The molecule has 1 aromatic carbocycles. The van der Waals surface area contributed by atoms with Gasteiger partial charge in [0.15, 0.2) is 0 Å². The summed E-state index contributed by atoms with van der Waals surface area (Å²) in [6.45, 7) is 4.71. The van der Waals surface area contributed by atoms with Crippen LogP contribution in [0.4, 0.5) is 0 Å². The minimum absolute atomic E-state index is 0.259. The van der Waals surface area contributed by atoms with Crippen LogP contribution in [0, 0.1) is 6.92 Å². The maximum Gasteiger partial charge on any atom is 0.339 e. The van der Waals surface area contributed by atoms with Crippen molar-refractivity contribution >= 4 is 5.97 Å². The molecule has 21 heavy (non-hydrogen) atoms. The van der Waals surface area contributed by atoms with Gasteiger partial charge in [-0.15, -0.1) is 0 Å². The maximum absolute atomic E-state index is 11.2. The Balaban J connectivity index is 2.23. The monoisotopic (exact) mass is 292 g/mol. The van der Waals surface area contributed by atoms with E-state index in [0.717, 1.165) is 18.4 Å². The summed E-state index contributed by atoms with van der Waals surface area (Å²) >= 11 is 0. The zero-order valence-corrected chi connectivity index (χ0v) is 13.4. The molecule has 0 spiro atoms. The van der Waals surface area contributed by atoms with Crippen molar-refractivity contribution in [3.63, 3.8) is 0 Å². The molecule has 0 fully saturated rings. The van der Waals surface area contributed by atoms with Gasteiger partial charge < -0.3 is 9.84 Å². The molecule has 118 valence electrons. The summed E-state index contributed by atoms with van der Waals surface area (Å²) in [6.07, 6.45) is 9.98. The number of hydrogen-bond donors (Lipinski definition) is 1. The van der Waals surface area contributed by atoms with E-state index in [1.54, 1.807) is 12.1 Å². The molecule has 0 aromatic heterocycles. The number of unbranched alkanes of at least 4 members (excludes halogenated alkanes) is 7. The van der Waals surface area contributed by atoms with Crippen LogP contribution >= 0.6 is 0 Å². The molecule has 0 radical (unpaired) electrons. The van der Waals surface area contributed by atoms with E-state index in [1.807, 2.05) is 13.0 Å². The molecule has 3 nitrogen and oxygen atoms in total. The molecule has 1 rings (SSSR count). The smallest absolute Gasteiger partial charge is 0.339 e. The van der Waals surface area contributed by atoms with Crippen molar-refractivity contribution in [2.24, 2.45) is 0 Å². The lowest BCUT2D eigenvalue weighted by Gasteiger charge is -2.11. The van der Waals surface area contributed by atoms with Crippen LogP contribution in [-0.2, 0) is 0 Å². The highest BCUT2D eigenvalue weighted by atomic mass is 16.5. The second kappa shape index (κ2) is 10.3. The number of carboxylic acids is 1. The standard InChI is InChI=1S/C18H28O3/c1-3-4-5-6-7-8-9-10-14-21-17-15(2)12-11-13-16(17)18(19)20/h11-13H,3-10,14H2,1-2H3,(H,19,20). The summed E-state index contributed by atoms with van der Waals surface area (Å²) in [4.78, 5) is 11.2. The lowest BCUT2D eigenvalue weighted by atomic mass is 10.1. The Labute approximate surface area is 128 Å². The van der Waals surface area contributed by atoms with Crippen molar-refractivity contribution in [1.82, 2.24) is 0 Å². The molecular weight excluding hydrogens is 264 g/mol. The molecule has 0 aliphatic heterocycles. The molecule has 0 saturated carbocycles. The SMILES string of the molecule is CCCCCCCCCCOc1c(C)cccc1C(=O)O. The van der Waals surface area contributed by atoms with E-state index in [4.69, 9.17) is 9.84 Å². The summed E-state index contributed by atoms with van der Waals surface area (Å²) in [7, 11) is 0. The Hall–Kier alpha value is -1.51. The number of rotatable bonds is 11. The van der Waals surface area contributed by atoms with Gasteiger partial charge in [0.2, 0.25) is 0 Å². The Morgan fingerprint density at radius 1 is 1.05 bits per heavy atom. The van der Waals surface area contributed by atoms with E-state index in [1.165, 1.54) is 38.5 Å². The molecule has 0 unspecified atom stereocenters. The average molecular weight is 292 g/mol. The lowest BCUT2D eigenvalue weighted by Crippen LogP contribution is -2.06. The van der Waals surface area contributed by atoms with Crippen LogP contribution in [0.25, 0.3) is 0 Å². The molecule has 1 aromatic rings. The van der Waals surface area contributed by atoms with Gasteiger partial charge in [0, 0.05) is 0 Å². The summed E-state index contributed by atoms with van der Waals surface area (Å²) in [5.74, 6) is -0.405. The Kier molecular flexibility index (Phi) is 8.56. The normalized spacial score (nSPS) is 10.6. The van der Waals surface area contributed by atoms with Gasteiger partial charge in [-0.2, -0.15) is 0 Å². The third-order valence-corrected chi connectivity index (χ3v) is 3.69. The molecule has 0 amide bonds. The first-order valence-electron chi connectivity index (χ1n) is 8.12. The predicted octanol–water partition coefficient (Wildman–Crippen LogP) is 5.21. The fourth-order valence-corrected chi connectivity index (χ4v) is 2.42. The molecule has 0 saturated heterocycles. The van der Waals surface area contributed by atoms with E-state index in [0.29, 0.717) is 12.4 Å². The second-order valence-electron chi connectivity index (χ2n) is 5.58. The number of benzene rings is 1. The topological polar surface area (TPSA) is 46.5 Å². The number of hydrogen-bond acceptors (Lipinski definition) is 2. The minimum Gasteiger partial charge on any atom is -0.492 e.